The van der Waals surface area contributed by atoms with Crippen molar-refractivity contribution in [2.24, 2.45) is 5.73 Å². The topological polar surface area (TPSA) is 127 Å². The molecular formula is C7H13NO6. The van der Waals surface area contributed by atoms with Gasteiger partial charge in [0, 0.05) is 0 Å². The lowest BCUT2D eigenvalue weighted by Crippen LogP contribution is -2.14. The highest BCUT2D eigenvalue weighted by Crippen LogP contribution is 1.86. The first kappa shape index (κ1) is 14.9. The average Bonchev–Trinajstić information content (AvgIpc) is 2.14. The molecule has 0 heterocycles. The van der Waals surface area contributed by atoms with Crippen molar-refractivity contribution in [3.8, 4) is 0 Å². The van der Waals surface area contributed by atoms with Crippen LogP contribution in [0.2, 0.25) is 0 Å². The number of methoxy groups -OCH3 is 1. The number of rotatable bonds is 4. The molecule has 0 amide bonds. The van der Waals surface area contributed by atoms with Gasteiger partial charge < -0.3 is 20.7 Å². The highest BCUT2D eigenvalue weighted by atomic mass is 16.5. The zero-order valence-electron chi connectivity index (χ0n) is 7.73. The van der Waals surface area contributed by atoms with E-state index in [1.165, 1.54) is 7.11 Å². The van der Waals surface area contributed by atoms with E-state index in [9.17, 15) is 14.4 Å². The summed E-state index contributed by atoms with van der Waals surface area (Å²) in [6.45, 7) is -0.0312. The highest BCUT2D eigenvalue weighted by Gasteiger charge is 2.00. The fourth-order valence-electron chi connectivity index (χ4n) is 0.297. The maximum absolute atomic E-state index is 9.83. The van der Waals surface area contributed by atoms with Gasteiger partial charge in [-0.3, -0.25) is 14.4 Å². The largest absolute Gasteiger partial charge is 0.481 e. The minimum atomic E-state index is -1.08. The van der Waals surface area contributed by atoms with Gasteiger partial charge in [-0.25, -0.2) is 0 Å². The van der Waals surface area contributed by atoms with Crippen LogP contribution in [0.4, 0.5) is 0 Å². The Morgan fingerprint density at radius 1 is 1.14 bits per heavy atom. The van der Waals surface area contributed by atoms with Crippen molar-refractivity contribution in [2.75, 3.05) is 13.7 Å². The minimum Gasteiger partial charge on any atom is -0.481 e. The third-order valence-corrected chi connectivity index (χ3v) is 0.947. The van der Waals surface area contributed by atoms with E-state index in [-0.39, 0.29) is 25.4 Å². The van der Waals surface area contributed by atoms with Crippen molar-refractivity contribution in [3.63, 3.8) is 0 Å². The van der Waals surface area contributed by atoms with Gasteiger partial charge in [-0.1, -0.05) is 0 Å². The summed E-state index contributed by atoms with van der Waals surface area (Å²) in [5.74, 6) is -2.53. The van der Waals surface area contributed by atoms with E-state index in [0.29, 0.717) is 0 Å². The van der Waals surface area contributed by atoms with Crippen LogP contribution in [0.25, 0.3) is 0 Å². The lowest BCUT2D eigenvalue weighted by atomic mass is 10.3. The van der Waals surface area contributed by atoms with Crippen LogP contribution in [0, 0.1) is 0 Å². The van der Waals surface area contributed by atoms with E-state index < -0.39 is 11.9 Å². The molecule has 14 heavy (non-hydrogen) atoms. The van der Waals surface area contributed by atoms with Crippen LogP contribution in [-0.2, 0) is 19.1 Å². The standard InChI is InChI=1S/C4H6O4.C3H7NO2/c5-3(6)1-2-4(7)8;1-6-3(5)2-4/h1-2H2,(H,5,6)(H,7,8);2,4H2,1H3. The molecule has 0 unspecified atom stereocenters. The summed E-state index contributed by atoms with van der Waals surface area (Å²) < 4.78 is 4.14. The van der Waals surface area contributed by atoms with Gasteiger partial charge in [0.25, 0.3) is 0 Å². The van der Waals surface area contributed by atoms with Crippen LogP contribution in [-0.4, -0.2) is 41.8 Å². The first-order valence-corrected chi connectivity index (χ1v) is 3.64. The van der Waals surface area contributed by atoms with Crippen LogP contribution in [0.1, 0.15) is 12.8 Å². The number of carboxylic acids is 2. The number of esters is 1. The Kier molecular flexibility index (Phi) is 10.0. The van der Waals surface area contributed by atoms with Crippen LogP contribution >= 0.6 is 0 Å². The van der Waals surface area contributed by atoms with E-state index >= 15 is 0 Å². The smallest absolute Gasteiger partial charge is 0.319 e. The molecule has 0 bridgehead atoms. The van der Waals surface area contributed by atoms with Gasteiger partial charge in [-0.15, -0.1) is 0 Å². The molecule has 0 aliphatic rings. The lowest BCUT2D eigenvalue weighted by molar-refractivity contribution is -0.143. The zero-order chi connectivity index (χ0) is 11.6. The number of aliphatic carboxylic acids is 2. The van der Waals surface area contributed by atoms with E-state index in [2.05, 4.69) is 4.74 Å². The second kappa shape index (κ2) is 9.46. The van der Waals surface area contributed by atoms with Gasteiger partial charge in [-0.05, 0) is 0 Å². The predicted molar refractivity (Wildman–Crippen MR) is 45.6 cm³/mol. The molecule has 0 aromatic heterocycles. The van der Waals surface area contributed by atoms with Crippen molar-refractivity contribution >= 4 is 17.9 Å². The van der Waals surface area contributed by atoms with Gasteiger partial charge in [0.15, 0.2) is 0 Å². The first-order chi connectivity index (χ1) is 6.43. The van der Waals surface area contributed by atoms with Crippen LogP contribution in [0.5, 0.6) is 0 Å². The summed E-state index contributed by atoms with van der Waals surface area (Å²) in [5, 5.41) is 15.8. The fourth-order valence-corrected chi connectivity index (χ4v) is 0.297. The molecule has 0 spiro atoms. The molecule has 0 saturated heterocycles. The Labute approximate surface area is 80.5 Å². The molecule has 82 valence electrons. The van der Waals surface area contributed by atoms with E-state index in [0.717, 1.165) is 0 Å². The molecule has 0 aromatic rings. The summed E-state index contributed by atoms with van der Waals surface area (Å²) in [6.07, 6.45) is -0.593. The Balaban J connectivity index is 0. The number of carbonyl (C=O) groups is 3. The van der Waals surface area contributed by atoms with Gasteiger partial charge in [0.2, 0.25) is 0 Å². The van der Waals surface area contributed by atoms with Crippen LogP contribution < -0.4 is 5.73 Å². The molecule has 0 rings (SSSR count). The van der Waals surface area contributed by atoms with Crippen LogP contribution in [0.15, 0.2) is 0 Å². The van der Waals surface area contributed by atoms with Crippen LogP contribution in [0.3, 0.4) is 0 Å². The van der Waals surface area contributed by atoms with E-state index in [4.69, 9.17) is 15.9 Å². The van der Waals surface area contributed by atoms with Gasteiger partial charge in [-0.2, -0.15) is 0 Å². The second-order valence-corrected chi connectivity index (χ2v) is 2.07. The Bertz CT molecular complexity index is 182. The SMILES string of the molecule is COC(=O)CN.O=C(O)CCC(=O)O. The summed E-state index contributed by atoms with van der Waals surface area (Å²) >= 11 is 0. The summed E-state index contributed by atoms with van der Waals surface area (Å²) in [4.78, 5) is 29.1. The van der Waals surface area contributed by atoms with Gasteiger partial charge in [0.05, 0.1) is 26.5 Å². The average molecular weight is 207 g/mol. The number of nitrogens with two attached hydrogens (primary N) is 1. The number of hydrogen-bond donors (Lipinski definition) is 3. The first-order valence-electron chi connectivity index (χ1n) is 3.64. The monoisotopic (exact) mass is 207 g/mol. The Morgan fingerprint density at radius 2 is 1.50 bits per heavy atom. The molecule has 0 atom stereocenters. The van der Waals surface area contributed by atoms with E-state index in [1.54, 1.807) is 0 Å². The number of carboxylic acid groups (broad SMARTS) is 2. The number of hydrogen-bond acceptors (Lipinski definition) is 5. The van der Waals surface area contributed by atoms with Crippen molar-refractivity contribution < 1.29 is 29.3 Å². The van der Waals surface area contributed by atoms with Gasteiger partial charge >= 0.3 is 17.9 Å². The Hall–Kier alpha value is -1.63. The second-order valence-electron chi connectivity index (χ2n) is 2.07. The normalized spacial score (nSPS) is 8.14. The third-order valence-electron chi connectivity index (χ3n) is 0.947. The summed E-state index contributed by atoms with van der Waals surface area (Å²) in [5.41, 5.74) is 4.81. The third kappa shape index (κ3) is 16.8. The van der Waals surface area contributed by atoms with Gasteiger partial charge in [0.1, 0.15) is 0 Å². The molecule has 7 heteroatoms. The van der Waals surface area contributed by atoms with Crippen molar-refractivity contribution in [2.45, 2.75) is 12.8 Å². The number of carbonyl (C=O) groups excluding carboxylic acids is 1. The maximum atomic E-state index is 9.83. The summed E-state index contributed by atoms with van der Waals surface area (Å²) in [6, 6.07) is 0. The lowest BCUT2D eigenvalue weighted by Gasteiger charge is -1.87. The zero-order valence-corrected chi connectivity index (χ0v) is 7.73. The molecule has 4 N–H and O–H groups in total. The quantitative estimate of drug-likeness (QED) is 0.507. The highest BCUT2D eigenvalue weighted by molar-refractivity contribution is 5.75. The predicted octanol–water partition coefficient (Wildman–Crippen LogP) is -0.946. The molecule has 0 aliphatic heterocycles. The molecule has 7 nitrogen and oxygen atoms in total. The maximum Gasteiger partial charge on any atom is 0.319 e. The molecule has 0 radical (unpaired) electrons. The Morgan fingerprint density at radius 3 is 1.57 bits per heavy atom. The molecule has 0 saturated carbocycles. The molecule has 0 aliphatic carbocycles. The van der Waals surface area contributed by atoms with Crippen molar-refractivity contribution in [3.05, 3.63) is 0 Å². The molecular weight excluding hydrogens is 194 g/mol. The van der Waals surface area contributed by atoms with Crippen molar-refractivity contribution in [1.82, 2.24) is 0 Å². The molecule has 0 fully saturated rings. The van der Waals surface area contributed by atoms with Crippen molar-refractivity contribution in [1.29, 1.82) is 0 Å². The summed E-state index contributed by atoms with van der Waals surface area (Å²) in [7, 11) is 1.30. The number of ether oxygens (including phenoxy) is 1. The molecule has 0 aromatic carbocycles. The minimum absolute atomic E-state index is 0.0312. The fraction of sp³-hybridized carbons (Fsp3) is 0.571. The van der Waals surface area contributed by atoms with E-state index in [1.807, 2.05) is 0 Å².